The van der Waals surface area contributed by atoms with E-state index in [0.29, 0.717) is 6.04 Å². The summed E-state index contributed by atoms with van der Waals surface area (Å²) in [6.07, 6.45) is 4.30. The van der Waals surface area contributed by atoms with Crippen LogP contribution in [0.4, 0.5) is 0 Å². The second-order valence-electron chi connectivity index (χ2n) is 2.93. The van der Waals surface area contributed by atoms with Gasteiger partial charge in [-0.25, -0.2) is 0 Å². The Morgan fingerprint density at radius 1 is 1.69 bits per heavy atom. The molecule has 0 aliphatic heterocycles. The molecule has 13 heavy (non-hydrogen) atoms. The maximum Gasteiger partial charge on any atom is 0.0794 e. The van der Waals surface area contributed by atoms with E-state index < -0.39 is 0 Å². The van der Waals surface area contributed by atoms with E-state index in [1.54, 1.807) is 11.3 Å². The molecule has 1 aromatic rings. The summed E-state index contributed by atoms with van der Waals surface area (Å²) < 4.78 is 0. The third kappa shape index (κ3) is 4.20. The first-order valence-corrected chi connectivity index (χ1v) is 6.53. The number of hydrogen-bond donors (Lipinski definition) is 1. The lowest BCUT2D eigenvalue weighted by molar-refractivity contribution is 0.490. The van der Waals surface area contributed by atoms with Crippen LogP contribution in [0.25, 0.3) is 0 Å². The molecule has 1 heterocycles. The van der Waals surface area contributed by atoms with E-state index in [1.807, 2.05) is 11.7 Å². The lowest BCUT2D eigenvalue weighted by atomic mass is 10.2. The standard InChI is InChI=1S/C9H15BrN2S/c1-2-8(3-4-10)12-6-9-5-11-7-13-9/h5,7-8,12H,2-4,6H2,1H3. The first kappa shape index (κ1) is 11.1. The Balaban J connectivity index is 2.23. The van der Waals surface area contributed by atoms with Gasteiger partial charge in [-0.05, 0) is 12.8 Å². The van der Waals surface area contributed by atoms with Crippen LogP contribution in [0.3, 0.4) is 0 Å². The van der Waals surface area contributed by atoms with Crippen molar-refractivity contribution in [1.29, 1.82) is 0 Å². The second-order valence-corrected chi connectivity index (χ2v) is 4.70. The van der Waals surface area contributed by atoms with Crippen molar-refractivity contribution in [3.63, 3.8) is 0 Å². The average Bonchev–Trinajstić information content (AvgIpc) is 2.64. The molecule has 2 nitrogen and oxygen atoms in total. The highest BCUT2D eigenvalue weighted by Crippen LogP contribution is 2.07. The van der Waals surface area contributed by atoms with Gasteiger partial charge in [0.2, 0.25) is 0 Å². The number of alkyl halides is 1. The topological polar surface area (TPSA) is 24.9 Å². The van der Waals surface area contributed by atoms with Crippen LogP contribution in [-0.2, 0) is 6.54 Å². The van der Waals surface area contributed by atoms with Crippen molar-refractivity contribution in [2.45, 2.75) is 32.4 Å². The van der Waals surface area contributed by atoms with Crippen LogP contribution in [0.1, 0.15) is 24.6 Å². The van der Waals surface area contributed by atoms with Crippen LogP contribution in [0.5, 0.6) is 0 Å². The maximum atomic E-state index is 4.04. The Bertz CT molecular complexity index is 213. The highest BCUT2D eigenvalue weighted by Gasteiger charge is 2.04. The van der Waals surface area contributed by atoms with E-state index in [-0.39, 0.29) is 0 Å². The number of rotatable bonds is 6. The molecule has 0 aliphatic rings. The number of thiazole rings is 1. The molecule has 1 unspecified atom stereocenters. The molecule has 0 saturated carbocycles. The van der Waals surface area contributed by atoms with Crippen LogP contribution in [-0.4, -0.2) is 16.4 Å². The molecule has 0 amide bonds. The Kier molecular flexibility index (Phi) is 5.58. The first-order valence-electron chi connectivity index (χ1n) is 4.53. The van der Waals surface area contributed by atoms with Gasteiger partial charge in [0, 0.05) is 29.0 Å². The third-order valence-corrected chi connectivity index (χ3v) is 3.24. The van der Waals surface area contributed by atoms with Crippen LogP contribution in [0.2, 0.25) is 0 Å². The summed E-state index contributed by atoms with van der Waals surface area (Å²) >= 11 is 5.17. The number of hydrogen-bond acceptors (Lipinski definition) is 3. The van der Waals surface area contributed by atoms with Crippen molar-refractivity contribution in [2.24, 2.45) is 0 Å². The molecule has 0 radical (unpaired) electrons. The SMILES string of the molecule is CCC(CCBr)NCc1cncs1. The second kappa shape index (κ2) is 6.51. The Morgan fingerprint density at radius 3 is 3.08 bits per heavy atom. The van der Waals surface area contributed by atoms with Crippen LogP contribution >= 0.6 is 27.3 Å². The summed E-state index contributed by atoms with van der Waals surface area (Å²) in [4.78, 5) is 5.35. The molecule has 0 aliphatic carbocycles. The van der Waals surface area contributed by atoms with Gasteiger partial charge in [0.25, 0.3) is 0 Å². The van der Waals surface area contributed by atoms with Gasteiger partial charge in [0.1, 0.15) is 0 Å². The molecule has 1 rings (SSSR count). The van der Waals surface area contributed by atoms with E-state index in [2.05, 4.69) is 33.2 Å². The van der Waals surface area contributed by atoms with Gasteiger partial charge >= 0.3 is 0 Å². The molecule has 0 spiro atoms. The molecule has 0 aromatic carbocycles. The normalized spacial score (nSPS) is 13.1. The van der Waals surface area contributed by atoms with Crippen molar-refractivity contribution in [3.05, 3.63) is 16.6 Å². The van der Waals surface area contributed by atoms with E-state index in [0.717, 1.165) is 11.9 Å². The molecule has 4 heteroatoms. The van der Waals surface area contributed by atoms with Crippen LogP contribution < -0.4 is 5.32 Å². The predicted octanol–water partition coefficient (Wildman–Crippen LogP) is 2.80. The predicted molar refractivity (Wildman–Crippen MR) is 61.4 cm³/mol. The molecular formula is C9H15BrN2S. The first-order chi connectivity index (χ1) is 6.36. The Labute approximate surface area is 91.9 Å². The monoisotopic (exact) mass is 262 g/mol. The minimum absolute atomic E-state index is 0.626. The molecule has 0 fully saturated rings. The highest BCUT2D eigenvalue weighted by atomic mass is 79.9. The fourth-order valence-electron chi connectivity index (χ4n) is 1.16. The number of aromatic nitrogens is 1. The zero-order valence-corrected chi connectivity index (χ0v) is 10.2. The van der Waals surface area contributed by atoms with E-state index >= 15 is 0 Å². The third-order valence-electron chi connectivity index (χ3n) is 2.00. The minimum atomic E-state index is 0.626. The number of halogens is 1. The molecule has 1 atom stereocenters. The van der Waals surface area contributed by atoms with Crippen LogP contribution in [0.15, 0.2) is 11.7 Å². The highest BCUT2D eigenvalue weighted by molar-refractivity contribution is 9.09. The molecule has 1 N–H and O–H groups in total. The fourth-order valence-corrected chi connectivity index (χ4v) is 2.25. The Morgan fingerprint density at radius 2 is 2.54 bits per heavy atom. The van der Waals surface area contributed by atoms with E-state index in [4.69, 9.17) is 0 Å². The van der Waals surface area contributed by atoms with E-state index in [9.17, 15) is 0 Å². The van der Waals surface area contributed by atoms with Gasteiger partial charge < -0.3 is 5.32 Å². The lowest BCUT2D eigenvalue weighted by Gasteiger charge is -2.14. The molecule has 74 valence electrons. The summed E-state index contributed by atoms with van der Waals surface area (Å²) in [5.74, 6) is 0. The fraction of sp³-hybridized carbons (Fsp3) is 0.667. The lowest BCUT2D eigenvalue weighted by Crippen LogP contribution is -2.27. The van der Waals surface area contributed by atoms with Gasteiger partial charge in [0.05, 0.1) is 5.51 Å². The van der Waals surface area contributed by atoms with E-state index in [1.165, 1.54) is 17.7 Å². The zero-order chi connectivity index (χ0) is 9.52. The average molecular weight is 263 g/mol. The molecule has 0 saturated heterocycles. The van der Waals surface area contributed by atoms with Gasteiger partial charge in [0.15, 0.2) is 0 Å². The Hall–Kier alpha value is 0.0700. The van der Waals surface area contributed by atoms with Crippen LogP contribution in [0, 0.1) is 0 Å². The van der Waals surface area contributed by atoms with Gasteiger partial charge in [-0.3, -0.25) is 4.98 Å². The van der Waals surface area contributed by atoms with Gasteiger partial charge in [-0.1, -0.05) is 22.9 Å². The van der Waals surface area contributed by atoms with Crippen molar-refractivity contribution in [1.82, 2.24) is 10.3 Å². The number of nitrogens with zero attached hydrogens (tertiary/aromatic N) is 1. The minimum Gasteiger partial charge on any atom is -0.309 e. The molecular weight excluding hydrogens is 248 g/mol. The summed E-state index contributed by atoms with van der Waals surface area (Å²) in [6, 6.07) is 0.626. The molecule has 1 aromatic heterocycles. The van der Waals surface area contributed by atoms with Gasteiger partial charge in [-0.15, -0.1) is 11.3 Å². The quantitative estimate of drug-likeness (QED) is 0.798. The summed E-state index contributed by atoms with van der Waals surface area (Å²) in [7, 11) is 0. The summed E-state index contributed by atoms with van der Waals surface area (Å²) in [5.41, 5.74) is 1.88. The van der Waals surface area contributed by atoms with Crippen molar-refractivity contribution >= 4 is 27.3 Å². The maximum absolute atomic E-state index is 4.04. The smallest absolute Gasteiger partial charge is 0.0794 e. The zero-order valence-electron chi connectivity index (χ0n) is 7.79. The summed E-state index contributed by atoms with van der Waals surface area (Å²) in [5, 5.41) is 4.58. The van der Waals surface area contributed by atoms with Crippen molar-refractivity contribution < 1.29 is 0 Å². The summed E-state index contributed by atoms with van der Waals surface area (Å²) in [6.45, 7) is 3.17. The largest absolute Gasteiger partial charge is 0.309 e. The number of nitrogens with one attached hydrogen (secondary N) is 1. The van der Waals surface area contributed by atoms with Crippen molar-refractivity contribution in [2.75, 3.05) is 5.33 Å². The molecule has 0 bridgehead atoms. The van der Waals surface area contributed by atoms with Crippen molar-refractivity contribution in [3.8, 4) is 0 Å². The van der Waals surface area contributed by atoms with Gasteiger partial charge in [-0.2, -0.15) is 0 Å².